The number of imidazole rings is 1. The lowest BCUT2D eigenvalue weighted by molar-refractivity contribution is -0.140. The molecule has 0 saturated heterocycles. The summed E-state index contributed by atoms with van der Waals surface area (Å²) in [6, 6.07) is 4.15. The molecule has 3 aromatic rings. The number of aromatic nitrogens is 4. The van der Waals surface area contributed by atoms with Crippen LogP contribution in [0.1, 0.15) is 11.3 Å². The van der Waals surface area contributed by atoms with Crippen LogP contribution in [0.5, 0.6) is 0 Å². The minimum absolute atomic E-state index is 0.00812. The van der Waals surface area contributed by atoms with Gasteiger partial charge >= 0.3 is 6.18 Å². The molecule has 0 amide bonds. The Morgan fingerprint density at radius 2 is 2.00 bits per heavy atom. The predicted octanol–water partition coefficient (Wildman–Crippen LogP) is 3.41. The van der Waals surface area contributed by atoms with E-state index < -0.39 is 17.7 Å². The first-order valence-corrected chi connectivity index (χ1v) is 8.60. The highest BCUT2D eigenvalue weighted by atomic mass is 35.5. The highest BCUT2D eigenvalue weighted by Gasteiger charge is 2.34. The van der Waals surface area contributed by atoms with E-state index in [1.807, 2.05) is 0 Å². The molecule has 154 valence electrons. The van der Waals surface area contributed by atoms with Crippen LogP contribution in [-0.2, 0) is 19.8 Å². The molecular weight excluding hydrogens is 414 g/mol. The molecule has 3 rings (SSSR count). The number of hydrogen-bond acceptors (Lipinski definition) is 6. The van der Waals surface area contributed by atoms with Gasteiger partial charge < -0.3 is 10.3 Å². The van der Waals surface area contributed by atoms with Gasteiger partial charge in [-0.1, -0.05) is 6.07 Å². The lowest BCUT2D eigenvalue weighted by Crippen LogP contribution is -2.35. The normalized spacial score (nSPS) is 11.7. The quantitative estimate of drug-likeness (QED) is 0.367. The Kier molecular flexibility index (Phi) is 5.62. The van der Waals surface area contributed by atoms with Gasteiger partial charge in [-0.25, -0.2) is 19.8 Å². The maximum absolute atomic E-state index is 14.7. The van der Waals surface area contributed by atoms with Crippen LogP contribution in [-0.4, -0.2) is 26.6 Å². The first-order valence-electron chi connectivity index (χ1n) is 8.22. The smallest absolute Gasteiger partial charge is 0.394 e. The van der Waals surface area contributed by atoms with Gasteiger partial charge in [-0.2, -0.15) is 18.2 Å². The van der Waals surface area contributed by atoms with Crippen LogP contribution in [0.15, 0.2) is 30.6 Å². The topological polar surface area (TPSA) is 84.9 Å². The number of anilines is 2. The number of rotatable bonds is 5. The number of alkyl halides is 3. The summed E-state index contributed by atoms with van der Waals surface area (Å²) in [7, 11) is 2.99. The monoisotopic (exact) mass is 429 g/mol. The van der Waals surface area contributed by atoms with Crippen molar-refractivity contribution < 1.29 is 17.6 Å². The molecule has 0 saturated carbocycles. The van der Waals surface area contributed by atoms with Crippen molar-refractivity contribution in [3.05, 3.63) is 53.0 Å². The number of hydrogen-bond donors (Lipinski definition) is 2. The standard InChI is InChI=1S/C17H16ClF4N7/c1-24-29(15-12(23)6-25-16(18)27-15)7-9-3-4-10(11(19)5-9)14-26-13(8-28(14)2)17(20,21)22/h3-6,8,24H,7,23H2,1-2H3. The summed E-state index contributed by atoms with van der Waals surface area (Å²) in [4.78, 5) is 11.3. The number of aryl methyl sites for hydroxylation is 1. The molecule has 0 unspecified atom stereocenters. The first-order chi connectivity index (χ1) is 13.6. The van der Waals surface area contributed by atoms with Crippen molar-refractivity contribution in [2.75, 3.05) is 17.8 Å². The van der Waals surface area contributed by atoms with Gasteiger partial charge in [0.1, 0.15) is 11.6 Å². The Labute approximate surface area is 168 Å². The van der Waals surface area contributed by atoms with E-state index in [0.717, 1.165) is 10.8 Å². The third kappa shape index (κ3) is 4.40. The van der Waals surface area contributed by atoms with Crippen molar-refractivity contribution in [1.82, 2.24) is 24.9 Å². The summed E-state index contributed by atoms with van der Waals surface area (Å²) in [5.74, 6) is -0.538. The molecule has 12 heteroatoms. The maximum atomic E-state index is 14.7. The molecule has 7 nitrogen and oxygen atoms in total. The van der Waals surface area contributed by atoms with Crippen molar-refractivity contribution in [2.45, 2.75) is 12.7 Å². The second-order valence-electron chi connectivity index (χ2n) is 6.10. The summed E-state index contributed by atoms with van der Waals surface area (Å²) in [5, 5.41) is 1.52. The zero-order chi connectivity index (χ0) is 21.3. The van der Waals surface area contributed by atoms with Gasteiger partial charge in [0.05, 0.1) is 24.0 Å². The van der Waals surface area contributed by atoms with E-state index in [1.54, 1.807) is 13.1 Å². The van der Waals surface area contributed by atoms with Crippen LogP contribution in [0, 0.1) is 5.82 Å². The minimum atomic E-state index is -4.61. The average molecular weight is 430 g/mol. The number of halogens is 5. The Morgan fingerprint density at radius 1 is 1.28 bits per heavy atom. The van der Waals surface area contributed by atoms with Crippen LogP contribution < -0.4 is 16.2 Å². The number of hydrazine groups is 1. The van der Waals surface area contributed by atoms with E-state index in [1.165, 1.54) is 30.4 Å². The zero-order valence-corrected chi connectivity index (χ0v) is 16.1. The Balaban J connectivity index is 1.90. The maximum Gasteiger partial charge on any atom is 0.434 e. The zero-order valence-electron chi connectivity index (χ0n) is 15.3. The summed E-state index contributed by atoms with van der Waals surface area (Å²) >= 11 is 5.80. The molecule has 0 fully saturated rings. The van der Waals surface area contributed by atoms with E-state index in [2.05, 4.69) is 20.4 Å². The molecule has 29 heavy (non-hydrogen) atoms. The number of nitrogen functional groups attached to an aromatic ring is 1. The van der Waals surface area contributed by atoms with Gasteiger partial charge in [0, 0.05) is 20.3 Å². The molecule has 0 bridgehead atoms. The summed E-state index contributed by atoms with van der Waals surface area (Å²) < 4.78 is 54.4. The van der Waals surface area contributed by atoms with Crippen molar-refractivity contribution >= 4 is 23.1 Å². The van der Waals surface area contributed by atoms with Crippen LogP contribution >= 0.6 is 11.6 Å². The fourth-order valence-electron chi connectivity index (χ4n) is 2.71. The lowest BCUT2D eigenvalue weighted by atomic mass is 10.1. The second kappa shape index (κ2) is 7.84. The van der Waals surface area contributed by atoms with Gasteiger partial charge in [-0.05, 0) is 29.3 Å². The largest absolute Gasteiger partial charge is 0.434 e. The summed E-state index contributed by atoms with van der Waals surface area (Å²) in [5.41, 5.74) is 8.37. The molecule has 0 aliphatic carbocycles. The number of nitrogens with two attached hydrogens (primary N) is 1. The van der Waals surface area contributed by atoms with Crippen molar-refractivity contribution in [3.63, 3.8) is 0 Å². The van der Waals surface area contributed by atoms with Crippen molar-refractivity contribution in [3.8, 4) is 11.4 Å². The molecule has 0 spiro atoms. The molecule has 0 aliphatic rings. The molecular formula is C17H16ClF4N7. The van der Waals surface area contributed by atoms with Crippen LogP contribution in [0.4, 0.5) is 29.1 Å². The molecule has 0 aliphatic heterocycles. The predicted molar refractivity (Wildman–Crippen MR) is 100 cm³/mol. The lowest BCUT2D eigenvalue weighted by Gasteiger charge is -2.23. The van der Waals surface area contributed by atoms with E-state index >= 15 is 0 Å². The number of nitrogens with one attached hydrogen (secondary N) is 1. The van der Waals surface area contributed by atoms with Gasteiger partial charge in [-0.15, -0.1) is 0 Å². The Hall–Kier alpha value is -2.92. The fourth-order valence-corrected chi connectivity index (χ4v) is 2.84. The van der Waals surface area contributed by atoms with Crippen LogP contribution in [0.3, 0.4) is 0 Å². The van der Waals surface area contributed by atoms with E-state index in [-0.39, 0.29) is 28.9 Å². The van der Waals surface area contributed by atoms with Gasteiger partial charge in [-0.3, -0.25) is 5.01 Å². The molecule has 3 N–H and O–H groups in total. The Bertz CT molecular complexity index is 1040. The van der Waals surface area contributed by atoms with E-state index in [9.17, 15) is 17.6 Å². The summed E-state index contributed by atoms with van der Waals surface area (Å²) in [6.45, 7) is 0.152. The number of nitrogens with zero attached hydrogens (tertiary/aromatic N) is 5. The van der Waals surface area contributed by atoms with E-state index in [0.29, 0.717) is 11.4 Å². The third-order valence-electron chi connectivity index (χ3n) is 4.07. The highest BCUT2D eigenvalue weighted by Crippen LogP contribution is 2.31. The fraction of sp³-hybridized carbons (Fsp3) is 0.235. The SMILES string of the molecule is CNN(Cc1ccc(-c2nc(C(F)(F)F)cn2C)c(F)c1)c1nc(Cl)ncc1N. The number of benzene rings is 1. The van der Waals surface area contributed by atoms with Gasteiger partial charge in [0.25, 0.3) is 0 Å². The molecule has 2 aromatic heterocycles. The average Bonchev–Trinajstić information content (AvgIpc) is 3.04. The Morgan fingerprint density at radius 3 is 2.59 bits per heavy atom. The highest BCUT2D eigenvalue weighted by molar-refractivity contribution is 6.28. The third-order valence-corrected chi connectivity index (χ3v) is 4.26. The molecule has 2 heterocycles. The van der Waals surface area contributed by atoms with Crippen molar-refractivity contribution in [1.29, 1.82) is 0 Å². The second-order valence-corrected chi connectivity index (χ2v) is 6.44. The minimum Gasteiger partial charge on any atom is -0.394 e. The molecule has 0 radical (unpaired) electrons. The van der Waals surface area contributed by atoms with Crippen LogP contribution in [0.25, 0.3) is 11.4 Å². The summed E-state index contributed by atoms with van der Waals surface area (Å²) in [6.07, 6.45) is -2.45. The molecule has 0 atom stereocenters. The van der Waals surface area contributed by atoms with Gasteiger partial charge in [0.2, 0.25) is 5.28 Å². The van der Waals surface area contributed by atoms with Gasteiger partial charge in [0.15, 0.2) is 11.5 Å². The van der Waals surface area contributed by atoms with Crippen LogP contribution in [0.2, 0.25) is 5.28 Å². The first kappa shape index (κ1) is 20.8. The molecule has 1 aromatic carbocycles. The van der Waals surface area contributed by atoms with E-state index in [4.69, 9.17) is 17.3 Å². The van der Waals surface area contributed by atoms with Crippen molar-refractivity contribution in [2.24, 2.45) is 7.05 Å².